The van der Waals surface area contributed by atoms with Crippen molar-refractivity contribution >= 4 is 5.97 Å². The number of ether oxygens (including phenoxy) is 2. The van der Waals surface area contributed by atoms with Gasteiger partial charge in [-0.1, -0.05) is 29.8 Å². The summed E-state index contributed by atoms with van der Waals surface area (Å²) in [5.41, 5.74) is 4.08. The van der Waals surface area contributed by atoms with Crippen LogP contribution in [0.5, 0.6) is 5.75 Å². The summed E-state index contributed by atoms with van der Waals surface area (Å²) in [5.74, 6) is 1.20. The first-order valence-electron chi connectivity index (χ1n) is 9.43. The molecule has 1 aromatic heterocycles. The third-order valence-corrected chi connectivity index (χ3v) is 4.62. The van der Waals surface area contributed by atoms with Gasteiger partial charge in [-0.25, -0.2) is 4.79 Å². The summed E-state index contributed by atoms with van der Waals surface area (Å²) >= 11 is 0. The van der Waals surface area contributed by atoms with Crippen LogP contribution in [0.4, 0.5) is 0 Å². The Kier molecular flexibility index (Phi) is 5.57. The van der Waals surface area contributed by atoms with E-state index < -0.39 is 5.97 Å². The fourth-order valence-electron chi connectivity index (χ4n) is 2.86. The third-order valence-electron chi connectivity index (χ3n) is 4.62. The van der Waals surface area contributed by atoms with Crippen LogP contribution in [0, 0.1) is 6.92 Å². The Morgan fingerprint density at radius 3 is 1.97 bits per heavy atom. The standard InChI is InChI=1S/C24H20N2O4/c1-16-3-7-18(8-4-16)22-25-26-23(30-22)19-9-11-20(12-10-19)24(27)29-15-17-5-13-21(28-2)14-6-17/h3-14H,15H2,1-2H3. The Labute approximate surface area is 174 Å². The van der Waals surface area contributed by atoms with Crippen LogP contribution in [-0.2, 0) is 11.3 Å². The van der Waals surface area contributed by atoms with Gasteiger partial charge in [0.15, 0.2) is 0 Å². The molecule has 0 unspecified atom stereocenters. The van der Waals surface area contributed by atoms with E-state index in [0.717, 1.165) is 28.0 Å². The predicted octanol–water partition coefficient (Wildman–Crippen LogP) is 5.08. The van der Waals surface area contributed by atoms with Crippen LogP contribution in [0.25, 0.3) is 22.9 Å². The summed E-state index contributed by atoms with van der Waals surface area (Å²) in [5, 5.41) is 8.21. The number of carbonyl (C=O) groups is 1. The van der Waals surface area contributed by atoms with E-state index in [0.29, 0.717) is 17.3 Å². The highest BCUT2D eigenvalue weighted by molar-refractivity contribution is 5.89. The first-order valence-corrected chi connectivity index (χ1v) is 9.43. The highest BCUT2D eigenvalue weighted by Gasteiger charge is 2.12. The van der Waals surface area contributed by atoms with Crippen LogP contribution in [0.1, 0.15) is 21.5 Å². The monoisotopic (exact) mass is 400 g/mol. The minimum Gasteiger partial charge on any atom is -0.497 e. The summed E-state index contributed by atoms with van der Waals surface area (Å²) in [6, 6.07) is 22.1. The summed E-state index contributed by atoms with van der Waals surface area (Å²) in [7, 11) is 1.61. The Bertz CT molecular complexity index is 1130. The minimum absolute atomic E-state index is 0.189. The number of esters is 1. The molecule has 0 amide bonds. The van der Waals surface area contributed by atoms with E-state index in [1.54, 1.807) is 31.4 Å². The smallest absolute Gasteiger partial charge is 0.338 e. The van der Waals surface area contributed by atoms with Crippen LogP contribution in [0.15, 0.2) is 77.2 Å². The van der Waals surface area contributed by atoms with Gasteiger partial charge in [-0.2, -0.15) is 0 Å². The van der Waals surface area contributed by atoms with Crippen molar-refractivity contribution in [2.24, 2.45) is 0 Å². The number of nitrogens with zero attached hydrogens (tertiary/aromatic N) is 2. The molecule has 1 heterocycles. The first kappa shape index (κ1) is 19.4. The van der Waals surface area contributed by atoms with Crippen molar-refractivity contribution in [1.82, 2.24) is 10.2 Å². The van der Waals surface area contributed by atoms with Crippen LogP contribution in [-0.4, -0.2) is 23.3 Å². The fraction of sp³-hybridized carbons (Fsp3) is 0.125. The SMILES string of the molecule is COc1ccc(COC(=O)c2ccc(-c3nnc(-c4ccc(C)cc4)o3)cc2)cc1. The molecule has 0 atom stereocenters. The second kappa shape index (κ2) is 8.61. The van der Waals surface area contributed by atoms with Crippen molar-refractivity contribution in [3.63, 3.8) is 0 Å². The van der Waals surface area contributed by atoms with E-state index in [1.807, 2.05) is 55.5 Å². The number of hydrogen-bond donors (Lipinski definition) is 0. The lowest BCUT2D eigenvalue weighted by atomic mass is 10.1. The van der Waals surface area contributed by atoms with E-state index in [4.69, 9.17) is 13.9 Å². The van der Waals surface area contributed by atoms with E-state index in [9.17, 15) is 4.79 Å². The van der Waals surface area contributed by atoms with Gasteiger partial charge < -0.3 is 13.9 Å². The van der Waals surface area contributed by atoms with Gasteiger partial charge in [0.1, 0.15) is 12.4 Å². The van der Waals surface area contributed by atoms with Crippen molar-refractivity contribution in [3.05, 3.63) is 89.5 Å². The van der Waals surface area contributed by atoms with Crippen molar-refractivity contribution in [2.75, 3.05) is 7.11 Å². The van der Waals surface area contributed by atoms with Crippen LogP contribution in [0.2, 0.25) is 0 Å². The molecule has 0 fully saturated rings. The Balaban J connectivity index is 1.41. The molecule has 0 aliphatic rings. The maximum atomic E-state index is 12.3. The topological polar surface area (TPSA) is 74.5 Å². The van der Waals surface area contributed by atoms with E-state index >= 15 is 0 Å². The van der Waals surface area contributed by atoms with Crippen molar-refractivity contribution < 1.29 is 18.7 Å². The molecule has 4 aromatic rings. The van der Waals surface area contributed by atoms with Gasteiger partial charge in [-0.05, 0) is 61.0 Å². The lowest BCUT2D eigenvalue weighted by molar-refractivity contribution is 0.0472. The molecule has 0 aliphatic carbocycles. The highest BCUT2D eigenvalue weighted by atomic mass is 16.5. The van der Waals surface area contributed by atoms with Crippen molar-refractivity contribution in [3.8, 4) is 28.7 Å². The van der Waals surface area contributed by atoms with E-state index in [2.05, 4.69) is 10.2 Å². The zero-order chi connectivity index (χ0) is 20.9. The molecule has 0 spiro atoms. The normalized spacial score (nSPS) is 10.6. The van der Waals surface area contributed by atoms with Crippen LogP contribution < -0.4 is 4.74 Å². The van der Waals surface area contributed by atoms with Gasteiger partial charge in [-0.15, -0.1) is 10.2 Å². The molecular formula is C24H20N2O4. The zero-order valence-corrected chi connectivity index (χ0v) is 16.7. The molecule has 30 heavy (non-hydrogen) atoms. The summed E-state index contributed by atoms with van der Waals surface area (Å²) < 4.78 is 16.3. The zero-order valence-electron chi connectivity index (χ0n) is 16.7. The maximum Gasteiger partial charge on any atom is 0.338 e. The summed E-state index contributed by atoms with van der Waals surface area (Å²) in [6.45, 7) is 2.21. The summed E-state index contributed by atoms with van der Waals surface area (Å²) in [4.78, 5) is 12.3. The van der Waals surface area contributed by atoms with Gasteiger partial charge in [0.05, 0.1) is 12.7 Å². The number of methoxy groups -OCH3 is 1. The quantitative estimate of drug-likeness (QED) is 0.420. The molecule has 0 saturated carbocycles. The average Bonchev–Trinajstić information content (AvgIpc) is 3.29. The number of aromatic nitrogens is 2. The van der Waals surface area contributed by atoms with Gasteiger partial charge in [0.2, 0.25) is 11.8 Å². The molecule has 0 radical (unpaired) electrons. The van der Waals surface area contributed by atoms with Gasteiger partial charge in [0, 0.05) is 11.1 Å². The van der Waals surface area contributed by atoms with Gasteiger partial charge in [-0.3, -0.25) is 0 Å². The largest absolute Gasteiger partial charge is 0.497 e. The molecule has 0 N–H and O–H groups in total. The number of benzene rings is 3. The minimum atomic E-state index is -0.400. The van der Waals surface area contributed by atoms with Crippen LogP contribution in [0.3, 0.4) is 0 Å². The Morgan fingerprint density at radius 2 is 1.40 bits per heavy atom. The summed E-state index contributed by atoms with van der Waals surface area (Å²) in [6.07, 6.45) is 0. The average molecular weight is 400 g/mol. The second-order valence-electron chi connectivity index (χ2n) is 6.78. The van der Waals surface area contributed by atoms with Gasteiger partial charge >= 0.3 is 5.97 Å². The molecular weight excluding hydrogens is 380 g/mol. The second-order valence-corrected chi connectivity index (χ2v) is 6.78. The molecule has 0 saturated heterocycles. The predicted molar refractivity (Wildman–Crippen MR) is 112 cm³/mol. The molecule has 4 rings (SSSR count). The van der Waals surface area contributed by atoms with E-state index in [1.165, 1.54) is 0 Å². The Morgan fingerprint density at radius 1 is 0.833 bits per heavy atom. The molecule has 0 aliphatic heterocycles. The molecule has 6 heteroatoms. The Hall–Kier alpha value is -3.93. The molecule has 3 aromatic carbocycles. The number of carbonyl (C=O) groups excluding carboxylic acids is 1. The lowest BCUT2D eigenvalue weighted by Crippen LogP contribution is -2.05. The van der Waals surface area contributed by atoms with E-state index in [-0.39, 0.29) is 6.61 Å². The van der Waals surface area contributed by atoms with Crippen LogP contribution >= 0.6 is 0 Å². The van der Waals surface area contributed by atoms with Crippen molar-refractivity contribution in [1.29, 1.82) is 0 Å². The highest BCUT2D eigenvalue weighted by Crippen LogP contribution is 2.24. The fourth-order valence-corrected chi connectivity index (χ4v) is 2.86. The van der Waals surface area contributed by atoms with Gasteiger partial charge in [0.25, 0.3) is 0 Å². The molecule has 6 nitrogen and oxygen atoms in total. The number of hydrogen-bond acceptors (Lipinski definition) is 6. The van der Waals surface area contributed by atoms with Crippen molar-refractivity contribution in [2.45, 2.75) is 13.5 Å². The lowest BCUT2D eigenvalue weighted by Gasteiger charge is -2.06. The molecule has 150 valence electrons. The first-order chi connectivity index (χ1) is 14.6. The molecule has 0 bridgehead atoms. The maximum absolute atomic E-state index is 12.3. The third kappa shape index (κ3) is 4.38. The number of aryl methyl sites for hydroxylation is 1. The number of rotatable bonds is 6.